The van der Waals surface area contributed by atoms with Gasteiger partial charge >= 0.3 is 6.80 Å². The van der Waals surface area contributed by atoms with Gasteiger partial charge in [-0.3, -0.25) is 0 Å². The average molecular weight is 186 g/mol. The van der Waals surface area contributed by atoms with Gasteiger partial charge in [-0.05, 0) is 17.8 Å². The van der Waals surface area contributed by atoms with E-state index in [1.165, 1.54) is 0 Å². The van der Waals surface area contributed by atoms with Crippen molar-refractivity contribution in [3.05, 3.63) is 0 Å². The third kappa shape index (κ3) is 1.99. The van der Waals surface area contributed by atoms with Gasteiger partial charge in [-0.25, -0.2) is 4.57 Å². The monoisotopic (exact) mass is 186 g/mol. The lowest BCUT2D eigenvalue weighted by Gasteiger charge is -2.33. The van der Waals surface area contributed by atoms with Crippen LogP contribution in [0.3, 0.4) is 0 Å². The van der Waals surface area contributed by atoms with E-state index in [2.05, 4.69) is 0 Å². The molecule has 0 aliphatic rings. The van der Waals surface area contributed by atoms with Crippen molar-refractivity contribution < 1.29 is 14.4 Å². The molecule has 0 aliphatic carbocycles. The van der Waals surface area contributed by atoms with Crippen molar-refractivity contribution in [2.24, 2.45) is 0 Å². The molecule has 0 saturated heterocycles. The Morgan fingerprint density at radius 2 is 1.60 bits per heavy atom. The smallest absolute Gasteiger partial charge is 0.318 e. The van der Waals surface area contributed by atoms with Gasteiger partial charge in [0, 0.05) is 0 Å². The molecule has 0 aromatic rings. The van der Waals surface area contributed by atoms with Crippen LogP contribution in [0.25, 0.3) is 0 Å². The minimum absolute atomic E-state index is 0.605. The van der Waals surface area contributed by atoms with Gasteiger partial charge in [-0.1, -0.05) is 13.8 Å². The third-order valence-electron chi connectivity index (χ3n) is 1.82. The van der Waals surface area contributed by atoms with E-state index in [0.29, 0.717) is 11.5 Å². The van der Waals surface area contributed by atoms with Crippen molar-refractivity contribution in [2.75, 3.05) is 17.8 Å². The summed E-state index contributed by atoms with van der Waals surface area (Å²) in [6.07, 6.45) is 1.70. The lowest BCUT2D eigenvalue weighted by atomic mass is 11.0. The topological polar surface area (TPSA) is 57.5 Å². The molecule has 0 saturated carbocycles. The van der Waals surface area contributed by atoms with Gasteiger partial charge < -0.3 is 9.79 Å². The first kappa shape index (κ1) is 10.5. The molecule has 0 heterocycles. The van der Waals surface area contributed by atoms with Crippen LogP contribution >= 0.6 is 16.4 Å². The summed E-state index contributed by atoms with van der Waals surface area (Å²) in [7, 11) is -1.66. The molecule has 0 aromatic heterocycles. The van der Waals surface area contributed by atoms with Crippen molar-refractivity contribution in [1.29, 1.82) is 0 Å². The van der Waals surface area contributed by atoms with Crippen molar-refractivity contribution in [1.82, 2.24) is 0 Å². The van der Waals surface area contributed by atoms with E-state index in [-0.39, 0.29) is 0 Å². The minimum atomic E-state index is -3.80. The summed E-state index contributed by atoms with van der Waals surface area (Å²) >= 11 is 0. The zero-order valence-electron chi connectivity index (χ0n) is 6.57. The van der Waals surface area contributed by atoms with Crippen molar-refractivity contribution in [3.8, 4) is 0 Å². The number of hydrogen-bond donors (Lipinski definition) is 2. The van der Waals surface area contributed by atoms with E-state index in [1.54, 1.807) is 6.26 Å². The summed E-state index contributed by atoms with van der Waals surface area (Å²) in [5, 5.41) is 0. The molecule has 10 heavy (non-hydrogen) atoms. The molecule has 0 radical (unpaired) electrons. The van der Waals surface area contributed by atoms with Crippen LogP contribution in [0.2, 0.25) is 0 Å². The molecule has 0 rings (SSSR count). The Labute approximate surface area is 63.1 Å². The molecular weight excluding hydrogens is 171 g/mol. The quantitative estimate of drug-likeness (QED) is 0.657. The first-order valence-electron chi connectivity index (χ1n) is 3.16. The maximum Gasteiger partial charge on any atom is 0.366 e. The highest BCUT2D eigenvalue weighted by Crippen LogP contribution is 2.74. The summed E-state index contributed by atoms with van der Waals surface area (Å²) in [5.74, 6) is 1.21. The Morgan fingerprint density at radius 1 is 1.30 bits per heavy atom. The van der Waals surface area contributed by atoms with Gasteiger partial charge in [0.05, 0.1) is 0 Å². The minimum Gasteiger partial charge on any atom is -0.318 e. The lowest BCUT2D eigenvalue weighted by Crippen LogP contribution is -2.03. The molecule has 2 N–H and O–H groups in total. The largest absolute Gasteiger partial charge is 0.366 e. The van der Waals surface area contributed by atoms with Crippen LogP contribution in [0.5, 0.6) is 0 Å². The highest BCUT2D eigenvalue weighted by molar-refractivity contribution is 8.76. The average Bonchev–Trinajstić information content (AvgIpc) is 1.84. The second kappa shape index (κ2) is 3.26. The number of hydrogen-bond acceptors (Lipinski definition) is 1. The zero-order valence-corrected chi connectivity index (χ0v) is 8.28. The predicted molar refractivity (Wildman–Crippen MR) is 46.6 cm³/mol. The van der Waals surface area contributed by atoms with E-state index in [9.17, 15) is 4.57 Å². The maximum absolute atomic E-state index is 10.8. The molecule has 0 unspecified atom stereocenters. The molecule has 0 amide bonds. The lowest BCUT2D eigenvalue weighted by molar-refractivity contribution is 0.395. The Kier molecular flexibility index (Phi) is 3.43. The SMILES string of the molecule is CCS(C)(CC)P(=O)(O)O. The normalized spacial score (nSPS) is 15.3. The molecule has 0 aliphatic heterocycles. The van der Waals surface area contributed by atoms with Crippen LogP contribution in [-0.4, -0.2) is 27.5 Å². The molecule has 0 spiro atoms. The van der Waals surface area contributed by atoms with E-state index in [1.807, 2.05) is 13.8 Å². The number of rotatable bonds is 3. The van der Waals surface area contributed by atoms with Crippen molar-refractivity contribution in [3.63, 3.8) is 0 Å². The predicted octanol–water partition coefficient (Wildman–Crippen LogP) is 1.55. The molecule has 3 nitrogen and oxygen atoms in total. The summed E-state index contributed by atoms with van der Waals surface area (Å²) in [6.45, 7) is -0.142. The van der Waals surface area contributed by atoms with Gasteiger partial charge in [0.15, 0.2) is 0 Å². The summed E-state index contributed by atoms with van der Waals surface area (Å²) in [5.41, 5.74) is 0. The van der Waals surface area contributed by atoms with Crippen molar-refractivity contribution >= 4 is 16.4 Å². The van der Waals surface area contributed by atoms with Crippen LogP contribution in [0.1, 0.15) is 13.8 Å². The van der Waals surface area contributed by atoms with Crippen molar-refractivity contribution in [2.45, 2.75) is 13.8 Å². The van der Waals surface area contributed by atoms with Gasteiger partial charge in [-0.15, -0.1) is 9.65 Å². The maximum atomic E-state index is 10.8. The summed E-state index contributed by atoms with van der Waals surface area (Å²) in [6, 6.07) is 0. The second-order valence-electron chi connectivity index (χ2n) is 2.29. The van der Waals surface area contributed by atoms with Gasteiger partial charge in [0.2, 0.25) is 0 Å². The Hall–Kier alpha value is 0.500. The molecular formula is C5H15O3PS. The first-order chi connectivity index (χ1) is 4.37. The van der Waals surface area contributed by atoms with E-state index in [0.717, 1.165) is 0 Å². The molecule has 0 aromatic carbocycles. The Bertz CT molecular complexity index is 149. The Morgan fingerprint density at radius 3 is 1.60 bits per heavy atom. The zero-order chi connectivity index (χ0) is 8.41. The fourth-order valence-electron chi connectivity index (χ4n) is 0.540. The standard InChI is InChI=1S/C5H15O3PS/c1-4-10(3,5-2)9(6,7)8/h4-5H2,1-3H3,(H2,6,7,8). The highest BCUT2D eigenvalue weighted by Gasteiger charge is 2.33. The molecule has 0 atom stereocenters. The van der Waals surface area contributed by atoms with E-state index in [4.69, 9.17) is 9.79 Å². The molecule has 0 fully saturated rings. The first-order valence-corrected chi connectivity index (χ1v) is 7.76. The van der Waals surface area contributed by atoms with Crippen LogP contribution in [0, 0.1) is 0 Å². The van der Waals surface area contributed by atoms with Gasteiger partial charge in [0.25, 0.3) is 0 Å². The van der Waals surface area contributed by atoms with Crippen LogP contribution in [0.15, 0.2) is 0 Å². The van der Waals surface area contributed by atoms with Crippen LogP contribution < -0.4 is 0 Å². The van der Waals surface area contributed by atoms with Gasteiger partial charge in [-0.2, -0.15) is 0 Å². The third-order valence-corrected chi connectivity index (χ3v) is 10.4. The molecule has 0 bridgehead atoms. The highest BCUT2D eigenvalue weighted by atomic mass is 32.8. The van der Waals surface area contributed by atoms with Crippen LogP contribution in [-0.2, 0) is 4.57 Å². The fourth-order valence-corrected chi connectivity index (χ4v) is 3.64. The molecule has 5 heteroatoms. The Balaban J connectivity index is 4.50. The van der Waals surface area contributed by atoms with E-state index >= 15 is 0 Å². The summed E-state index contributed by atoms with van der Waals surface area (Å²) < 4.78 is 10.8. The van der Waals surface area contributed by atoms with E-state index < -0.39 is 16.4 Å². The summed E-state index contributed by atoms with van der Waals surface area (Å²) in [4.78, 5) is 17.8. The second-order valence-corrected chi connectivity index (χ2v) is 10.9. The fraction of sp³-hybridized carbons (Fsp3) is 1.00. The van der Waals surface area contributed by atoms with Gasteiger partial charge in [0.1, 0.15) is 0 Å². The molecule has 64 valence electrons. The van der Waals surface area contributed by atoms with Crippen LogP contribution in [0.4, 0.5) is 0 Å².